The lowest BCUT2D eigenvalue weighted by Crippen LogP contribution is -2.33. The molecule has 1 aromatic heterocycles. The Morgan fingerprint density at radius 1 is 1.11 bits per heavy atom. The molecule has 146 valence electrons. The number of carbonyl (C=O) groups excluding carboxylic acids is 1. The van der Waals surface area contributed by atoms with Crippen LogP contribution in [0.1, 0.15) is 34.6 Å². The number of carbonyl (C=O) groups is 1. The van der Waals surface area contributed by atoms with Gasteiger partial charge in [-0.1, -0.05) is 0 Å². The zero-order valence-electron chi connectivity index (χ0n) is 15.7. The summed E-state index contributed by atoms with van der Waals surface area (Å²) in [5, 5.41) is 8.01. The molecule has 3 heterocycles. The predicted octanol–water partition coefficient (Wildman–Crippen LogP) is 3.12. The van der Waals surface area contributed by atoms with Gasteiger partial charge in [-0.15, -0.1) is 12.4 Å². The maximum atomic E-state index is 13.2. The van der Waals surface area contributed by atoms with E-state index in [1.165, 1.54) is 12.1 Å². The minimum absolute atomic E-state index is 0. The fraction of sp³-hybridized carbons (Fsp3) is 0.500. The summed E-state index contributed by atoms with van der Waals surface area (Å²) in [7, 11) is 0. The molecule has 2 aliphatic rings. The predicted molar refractivity (Wildman–Crippen MR) is 105 cm³/mol. The highest BCUT2D eigenvalue weighted by molar-refractivity contribution is 5.96. The van der Waals surface area contributed by atoms with E-state index in [9.17, 15) is 9.18 Å². The molecular weight excluding hydrogens is 367 g/mol. The lowest BCUT2D eigenvalue weighted by atomic mass is 9.92. The number of nitrogens with one attached hydrogen (secondary N) is 1. The summed E-state index contributed by atoms with van der Waals surface area (Å²) in [5.74, 6) is 1.17. The van der Waals surface area contributed by atoms with E-state index in [0.29, 0.717) is 17.4 Å². The Kier molecular flexibility index (Phi) is 5.86. The molecule has 5 nitrogen and oxygen atoms in total. The van der Waals surface area contributed by atoms with Gasteiger partial charge in [-0.25, -0.2) is 9.07 Å². The first-order chi connectivity index (χ1) is 12.5. The highest BCUT2D eigenvalue weighted by atomic mass is 35.5. The molecule has 2 fully saturated rings. The summed E-state index contributed by atoms with van der Waals surface area (Å²) in [6.07, 6.45) is 2.13. The van der Waals surface area contributed by atoms with Gasteiger partial charge in [0.1, 0.15) is 5.82 Å². The van der Waals surface area contributed by atoms with E-state index in [1.54, 1.807) is 16.8 Å². The van der Waals surface area contributed by atoms with Crippen molar-refractivity contribution in [3.05, 3.63) is 47.0 Å². The second-order valence-corrected chi connectivity index (χ2v) is 7.48. The molecule has 0 bridgehead atoms. The molecule has 0 saturated carbocycles. The summed E-state index contributed by atoms with van der Waals surface area (Å²) in [5.41, 5.74) is 2.98. The van der Waals surface area contributed by atoms with Crippen molar-refractivity contribution in [2.75, 3.05) is 26.2 Å². The third-order valence-corrected chi connectivity index (χ3v) is 5.88. The van der Waals surface area contributed by atoms with Crippen molar-refractivity contribution in [2.24, 2.45) is 11.8 Å². The summed E-state index contributed by atoms with van der Waals surface area (Å²) in [6, 6.07) is 6.19. The Hall–Kier alpha value is -1.92. The van der Waals surface area contributed by atoms with Gasteiger partial charge in [-0.3, -0.25) is 4.79 Å². The molecule has 7 heteroatoms. The van der Waals surface area contributed by atoms with E-state index >= 15 is 0 Å². The second-order valence-electron chi connectivity index (χ2n) is 7.48. The smallest absolute Gasteiger partial charge is 0.257 e. The Morgan fingerprint density at radius 2 is 1.70 bits per heavy atom. The fourth-order valence-electron chi connectivity index (χ4n) is 4.37. The van der Waals surface area contributed by atoms with Crippen LogP contribution in [0.5, 0.6) is 0 Å². The topological polar surface area (TPSA) is 50.2 Å². The van der Waals surface area contributed by atoms with Gasteiger partial charge < -0.3 is 10.2 Å². The van der Waals surface area contributed by atoms with Crippen molar-refractivity contribution in [1.29, 1.82) is 0 Å². The second kappa shape index (κ2) is 7.98. The van der Waals surface area contributed by atoms with Crippen molar-refractivity contribution in [3.8, 4) is 5.69 Å². The van der Waals surface area contributed by atoms with Gasteiger partial charge in [0.2, 0.25) is 0 Å². The molecule has 2 atom stereocenters. The fourth-order valence-corrected chi connectivity index (χ4v) is 4.37. The van der Waals surface area contributed by atoms with Crippen molar-refractivity contribution in [2.45, 2.75) is 26.7 Å². The van der Waals surface area contributed by atoms with Crippen LogP contribution >= 0.6 is 12.4 Å². The van der Waals surface area contributed by atoms with Gasteiger partial charge in [-0.05, 0) is 75.9 Å². The number of hydrogen-bond donors (Lipinski definition) is 1. The summed E-state index contributed by atoms with van der Waals surface area (Å²) >= 11 is 0. The maximum Gasteiger partial charge on any atom is 0.257 e. The van der Waals surface area contributed by atoms with Crippen LogP contribution in [-0.2, 0) is 0 Å². The standard InChI is InChI=1S/C20H25FN4O.ClH/c1-13-19(14(2)25(23-13)18-5-3-17(21)4-6-18)20(26)24-9-7-15-11-22-12-16(15)8-10-24;/h3-6,15-16,22H,7-12H2,1-2H3;1H/t15-,16+;. The molecule has 1 amide bonds. The van der Waals surface area contributed by atoms with E-state index in [4.69, 9.17) is 0 Å². The average molecular weight is 393 g/mol. The van der Waals surface area contributed by atoms with Crippen LogP contribution in [0.4, 0.5) is 4.39 Å². The van der Waals surface area contributed by atoms with E-state index < -0.39 is 0 Å². The van der Waals surface area contributed by atoms with Gasteiger partial charge in [0, 0.05) is 13.1 Å². The molecule has 0 spiro atoms. The summed E-state index contributed by atoms with van der Waals surface area (Å²) < 4.78 is 14.9. The number of halogens is 2. The number of amides is 1. The number of aromatic nitrogens is 2. The van der Waals surface area contributed by atoms with Crippen LogP contribution in [-0.4, -0.2) is 46.8 Å². The van der Waals surface area contributed by atoms with Crippen LogP contribution in [0.25, 0.3) is 5.69 Å². The molecule has 27 heavy (non-hydrogen) atoms. The number of nitrogens with zero attached hydrogens (tertiary/aromatic N) is 3. The van der Waals surface area contributed by atoms with Crippen LogP contribution in [0, 0.1) is 31.5 Å². The van der Waals surface area contributed by atoms with E-state index in [0.717, 1.165) is 56.1 Å². The Morgan fingerprint density at radius 3 is 2.30 bits per heavy atom. The van der Waals surface area contributed by atoms with Gasteiger partial charge in [0.05, 0.1) is 22.6 Å². The number of benzene rings is 1. The molecular formula is C20H26ClFN4O. The molecule has 2 aliphatic heterocycles. The molecule has 1 N–H and O–H groups in total. The first-order valence-electron chi connectivity index (χ1n) is 9.36. The zero-order chi connectivity index (χ0) is 18.3. The third-order valence-electron chi connectivity index (χ3n) is 5.88. The van der Waals surface area contributed by atoms with Gasteiger partial charge in [0.25, 0.3) is 5.91 Å². The van der Waals surface area contributed by atoms with Gasteiger partial charge in [-0.2, -0.15) is 5.10 Å². The van der Waals surface area contributed by atoms with Crippen LogP contribution in [0.3, 0.4) is 0 Å². The number of fused-ring (bicyclic) bond motifs is 1. The quantitative estimate of drug-likeness (QED) is 0.854. The van der Waals surface area contributed by atoms with Crippen LogP contribution < -0.4 is 5.32 Å². The van der Waals surface area contributed by atoms with Gasteiger partial charge >= 0.3 is 0 Å². The molecule has 4 rings (SSSR count). The number of likely N-dealkylation sites (tertiary alicyclic amines) is 1. The molecule has 2 aromatic rings. The highest BCUT2D eigenvalue weighted by Crippen LogP contribution is 2.28. The maximum absolute atomic E-state index is 13.2. The summed E-state index contributed by atoms with van der Waals surface area (Å²) in [4.78, 5) is 15.2. The molecule has 1 aromatic carbocycles. The molecule has 0 aliphatic carbocycles. The largest absolute Gasteiger partial charge is 0.339 e. The lowest BCUT2D eigenvalue weighted by Gasteiger charge is -2.21. The van der Waals surface area contributed by atoms with E-state index in [1.807, 2.05) is 18.7 Å². The summed E-state index contributed by atoms with van der Waals surface area (Å²) in [6.45, 7) is 7.55. The normalized spacial score (nSPS) is 22.1. The molecule has 2 saturated heterocycles. The van der Waals surface area contributed by atoms with Crippen LogP contribution in [0.2, 0.25) is 0 Å². The lowest BCUT2D eigenvalue weighted by molar-refractivity contribution is 0.0757. The minimum atomic E-state index is -0.281. The highest BCUT2D eigenvalue weighted by Gasteiger charge is 2.33. The monoisotopic (exact) mass is 392 g/mol. The first-order valence-corrected chi connectivity index (χ1v) is 9.36. The molecule has 0 unspecified atom stereocenters. The van der Waals surface area contributed by atoms with Crippen molar-refractivity contribution >= 4 is 18.3 Å². The Bertz CT molecular complexity index is 806. The average Bonchev–Trinajstić information content (AvgIpc) is 3.13. The number of aryl methyl sites for hydroxylation is 1. The first kappa shape index (κ1) is 19.8. The van der Waals surface area contributed by atoms with E-state index in [2.05, 4.69) is 10.4 Å². The van der Waals surface area contributed by atoms with Crippen molar-refractivity contribution in [3.63, 3.8) is 0 Å². The van der Waals surface area contributed by atoms with Crippen molar-refractivity contribution in [1.82, 2.24) is 20.0 Å². The zero-order valence-corrected chi connectivity index (χ0v) is 16.6. The minimum Gasteiger partial charge on any atom is -0.339 e. The third kappa shape index (κ3) is 3.73. The SMILES string of the molecule is Cc1nn(-c2ccc(F)cc2)c(C)c1C(=O)N1CC[C@@H]2CNC[C@@H]2CC1.Cl. The van der Waals surface area contributed by atoms with Crippen molar-refractivity contribution < 1.29 is 9.18 Å². The van der Waals surface area contributed by atoms with E-state index in [-0.39, 0.29) is 24.1 Å². The number of hydrogen-bond acceptors (Lipinski definition) is 3. The van der Waals surface area contributed by atoms with Crippen LogP contribution in [0.15, 0.2) is 24.3 Å². The van der Waals surface area contributed by atoms with Gasteiger partial charge in [0.15, 0.2) is 0 Å². The number of rotatable bonds is 2. The molecule has 0 radical (unpaired) electrons. The Labute approximate surface area is 165 Å². The Balaban J connectivity index is 0.00000210.